The Kier molecular flexibility index (Phi) is 2.99. The quantitative estimate of drug-likeness (QED) is 0.726. The van der Waals surface area contributed by atoms with E-state index in [1.807, 2.05) is 0 Å². The lowest BCUT2D eigenvalue weighted by Gasteiger charge is -2.02. The van der Waals surface area contributed by atoms with Crippen molar-refractivity contribution in [1.29, 1.82) is 0 Å². The molecule has 0 amide bonds. The summed E-state index contributed by atoms with van der Waals surface area (Å²) >= 11 is 14.2. The van der Waals surface area contributed by atoms with E-state index in [0.717, 1.165) is 3.57 Å². The lowest BCUT2D eigenvalue weighted by atomic mass is 10.1. The summed E-state index contributed by atoms with van der Waals surface area (Å²) in [5, 5.41) is 5.00. The molecule has 0 radical (unpaired) electrons. The summed E-state index contributed by atoms with van der Waals surface area (Å²) in [7, 11) is 0. The van der Waals surface area contributed by atoms with E-state index in [0.29, 0.717) is 21.3 Å². The van der Waals surface area contributed by atoms with E-state index in [2.05, 4.69) is 27.7 Å². The second kappa shape index (κ2) is 4.08. The molecule has 0 aliphatic heterocycles. The summed E-state index contributed by atoms with van der Waals surface area (Å²) in [6.45, 7) is 0. The molecule has 0 bridgehead atoms. The third-order valence-corrected chi connectivity index (χ3v) is 3.12. The summed E-state index contributed by atoms with van der Waals surface area (Å²) in [6.07, 6.45) is 1.55. The molecule has 0 aliphatic rings. The molecular weight excluding hydrogens is 336 g/mol. The molecule has 2 nitrogen and oxygen atoms in total. The molecule has 0 saturated heterocycles. The third kappa shape index (κ3) is 1.76. The van der Waals surface area contributed by atoms with Gasteiger partial charge in [0, 0.05) is 5.56 Å². The van der Waals surface area contributed by atoms with Crippen LogP contribution in [0.4, 0.5) is 0 Å². The topological polar surface area (TPSA) is 26.0 Å². The number of nitrogens with zero attached hydrogens (tertiary/aromatic N) is 1. The molecule has 2 rings (SSSR count). The van der Waals surface area contributed by atoms with Crippen LogP contribution >= 0.6 is 45.8 Å². The van der Waals surface area contributed by atoms with Crippen LogP contribution in [0.2, 0.25) is 10.0 Å². The van der Waals surface area contributed by atoms with Crippen molar-refractivity contribution in [3.8, 4) is 11.3 Å². The molecule has 1 aromatic heterocycles. The third-order valence-electron chi connectivity index (χ3n) is 1.73. The first-order valence-corrected chi connectivity index (χ1v) is 5.58. The highest BCUT2D eigenvalue weighted by atomic mass is 127. The van der Waals surface area contributed by atoms with E-state index >= 15 is 0 Å². The largest absolute Gasteiger partial charge is 0.363 e. The van der Waals surface area contributed by atoms with Crippen LogP contribution in [0, 0.1) is 3.57 Å². The Morgan fingerprint density at radius 1 is 1.21 bits per heavy atom. The Labute approximate surface area is 104 Å². The van der Waals surface area contributed by atoms with Crippen LogP contribution in [-0.4, -0.2) is 5.16 Å². The number of benzene rings is 1. The van der Waals surface area contributed by atoms with Gasteiger partial charge in [-0.15, -0.1) is 0 Å². The van der Waals surface area contributed by atoms with E-state index in [4.69, 9.17) is 27.7 Å². The molecule has 0 unspecified atom stereocenters. The summed E-state index contributed by atoms with van der Waals surface area (Å²) in [5.41, 5.74) is 1.40. The van der Waals surface area contributed by atoms with Crippen molar-refractivity contribution in [2.75, 3.05) is 0 Å². The fraction of sp³-hybridized carbons (Fsp3) is 0. The van der Waals surface area contributed by atoms with Crippen LogP contribution in [0.1, 0.15) is 0 Å². The fourth-order valence-corrected chi connectivity index (χ4v) is 2.17. The molecule has 0 atom stereocenters. The minimum atomic E-state index is 0.573. The van der Waals surface area contributed by atoms with Crippen LogP contribution in [0.25, 0.3) is 11.3 Å². The maximum absolute atomic E-state index is 6.02. The van der Waals surface area contributed by atoms with Crippen molar-refractivity contribution in [3.05, 3.63) is 38.1 Å². The standard InChI is InChI=1S/C9H4Cl2INO/c10-5-2-1-3-6(11)8(5)9-7(12)4-14-13-9/h1-4H. The molecule has 2 aromatic rings. The number of rotatable bonds is 1. The molecule has 0 N–H and O–H groups in total. The van der Waals surface area contributed by atoms with Gasteiger partial charge in [-0.3, -0.25) is 0 Å². The van der Waals surface area contributed by atoms with Gasteiger partial charge in [-0.05, 0) is 34.7 Å². The lowest BCUT2D eigenvalue weighted by molar-refractivity contribution is 0.421. The highest BCUT2D eigenvalue weighted by Gasteiger charge is 2.14. The van der Waals surface area contributed by atoms with Gasteiger partial charge in [0.05, 0.1) is 13.6 Å². The van der Waals surface area contributed by atoms with Gasteiger partial charge in [-0.2, -0.15) is 0 Å². The Balaban J connectivity index is 2.68. The van der Waals surface area contributed by atoms with Crippen molar-refractivity contribution in [2.45, 2.75) is 0 Å². The SMILES string of the molecule is Clc1cccc(Cl)c1-c1nocc1I. The summed E-state index contributed by atoms with van der Waals surface area (Å²) < 4.78 is 5.72. The number of hydrogen-bond acceptors (Lipinski definition) is 2. The maximum atomic E-state index is 6.02. The number of aromatic nitrogens is 1. The van der Waals surface area contributed by atoms with Crippen LogP contribution in [0.15, 0.2) is 29.0 Å². The molecule has 14 heavy (non-hydrogen) atoms. The van der Waals surface area contributed by atoms with E-state index in [1.165, 1.54) is 0 Å². The lowest BCUT2D eigenvalue weighted by Crippen LogP contribution is -1.83. The Bertz CT molecular complexity index is 449. The molecule has 0 fully saturated rings. The minimum Gasteiger partial charge on any atom is -0.363 e. The van der Waals surface area contributed by atoms with Crippen molar-refractivity contribution in [3.63, 3.8) is 0 Å². The first-order valence-electron chi connectivity index (χ1n) is 3.74. The second-order valence-electron chi connectivity index (χ2n) is 2.61. The molecule has 0 spiro atoms. The predicted octanol–water partition coefficient (Wildman–Crippen LogP) is 4.25. The first-order chi connectivity index (χ1) is 6.70. The molecule has 0 saturated carbocycles. The average Bonchev–Trinajstić information content (AvgIpc) is 2.52. The minimum absolute atomic E-state index is 0.573. The fourth-order valence-electron chi connectivity index (χ4n) is 1.11. The van der Waals surface area contributed by atoms with Crippen molar-refractivity contribution < 1.29 is 4.52 Å². The van der Waals surface area contributed by atoms with Crippen LogP contribution in [0.3, 0.4) is 0 Å². The average molecular weight is 340 g/mol. The molecule has 72 valence electrons. The Hall–Kier alpha value is -0.260. The molecule has 0 aliphatic carbocycles. The van der Waals surface area contributed by atoms with Crippen LogP contribution in [0.5, 0.6) is 0 Å². The monoisotopic (exact) mass is 339 g/mol. The predicted molar refractivity (Wildman–Crippen MR) is 64.7 cm³/mol. The van der Waals surface area contributed by atoms with Crippen LogP contribution < -0.4 is 0 Å². The molecule has 1 aromatic carbocycles. The number of halogens is 3. The maximum Gasteiger partial charge on any atom is 0.137 e. The first kappa shape index (κ1) is 10.3. The van der Waals surface area contributed by atoms with Gasteiger partial charge >= 0.3 is 0 Å². The number of hydrogen-bond donors (Lipinski definition) is 0. The van der Waals surface area contributed by atoms with Crippen molar-refractivity contribution >= 4 is 45.8 Å². The van der Waals surface area contributed by atoms with E-state index in [-0.39, 0.29) is 0 Å². The molecule has 5 heteroatoms. The highest BCUT2D eigenvalue weighted by Crippen LogP contribution is 2.35. The van der Waals surface area contributed by atoms with Gasteiger partial charge in [0.15, 0.2) is 0 Å². The van der Waals surface area contributed by atoms with Gasteiger partial charge in [-0.1, -0.05) is 34.4 Å². The molecule has 1 heterocycles. The van der Waals surface area contributed by atoms with Gasteiger partial charge in [0.2, 0.25) is 0 Å². The Morgan fingerprint density at radius 3 is 2.36 bits per heavy atom. The highest BCUT2D eigenvalue weighted by molar-refractivity contribution is 14.1. The van der Waals surface area contributed by atoms with Gasteiger partial charge < -0.3 is 4.52 Å². The van der Waals surface area contributed by atoms with Crippen molar-refractivity contribution in [2.24, 2.45) is 0 Å². The molecular formula is C9H4Cl2INO. The normalized spacial score (nSPS) is 10.5. The zero-order chi connectivity index (χ0) is 10.1. The van der Waals surface area contributed by atoms with Crippen molar-refractivity contribution in [1.82, 2.24) is 5.16 Å². The van der Waals surface area contributed by atoms with Gasteiger partial charge in [0.25, 0.3) is 0 Å². The van der Waals surface area contributed by atoms with Crippen LogP contribution in [-0.2, 0) is 0 Å². The van der Waals surface area contributed by atoms with Gasteiger partial charge in [-0.25, -0.2) is 0 Å². The zero-order valence-electron chi connectivity index (χ0n) is 6.80. The zero-order valence-corrected chi connectivity index (χ0v) is 10.5. The van der Waals surface area contributed by atoms with E-state index in [9.17, 15) is 0 Å². The van der Waals surface area contributed by atoms with E-state index < -0.39 is 0 Å². The summed E-state index contributed by atoms with van der Waals surface area (Å²) in [4.78, 5) is 0. The smallest absolute Gasteiger partial charge is 0.137 e. The van der Waals surface area contributed by atoms with Gasteiger partial charge in [0.1, 0.15) is 12.0 Å². The second-order valence-corrected chi connectivity index (χ2v) is 4.58. The summed E-state index contributed by atoms with van der Waals surface area (Å²) in [6, 6.07) is 5.34. The Morgan fingerprint density at radius 2 is 1.86 bits per heavy atom. The summed E-state index contributed by atoms with van der Waals surface area (Å²) in [5.74, 6) is 0. The van der Waals surface area contributed by atoms with E-state index in [1.54, 1.807) is 24.5 Å².